The molecular formula is C14H24N4O2. The third-order valence-corrected chi connectivity index (χ3v) is 4.36. The summed E-state index contributed by atoms with van der Waals surface area (Å²) < 4.78 is 13.6. The highest BCUT2D eigenvalue weighted by molar-refractivity contribution is 4.96. The first kappa shape index (κ1) is 14.0. The summed E-state index contributed by atoms with van der Waals surface area (Å²) in [4.78, 5) is 0. The average Bonchev–Trinajstić information content (AvgIpc) is 2.95. The predicted octanol–water partition coefficient (Wildman–Crippen LogP) is 1.29. The van der Waals surface area contributed by atoms with Gasteiger partial charge in [-0.1, -0.05) is 12.1 Å². The van der Waals surface area contributed by atoms with E-state index in [9.17, 15) is 0 Å². The second kappa shape index (κ2) is 6.20. The largest absolute Gasteiger partial charge is 0.381 e. The van der Waals surface area contributed by atoms with Crippen molar-refractivity contribution in [3.8, 4) is 0 Å². The molecule has 0 saturated carbocycles. The van der Waals surface area contributed by atoms with Crippen molar-refractivity contribution in [2.75, 3.05) is 26.4 Å². The molecule has 2 aliphatic heterocycles. The Balaban J connectivity index is 1.65. The molecule has 3 rings (SSSR count). The van der Waals surface area contributed by atoms with Crippen molar-refractivity contribution in [2.24, 2.45) is 0 Å². The summed E-state index contributed by atoms with van der Waals surface area (Å²) in [6.45, 7) is 6.28. The molecule has 0 bridgehead atoms. The summed E-state index contributed by atoms with van der Waals surface area (Å²) in [6.07, 6.45) is 6.13. The minimum atomic E-state index is 0.00888. The second-order valence-corrected chi connectivity index (χ2v) is 5.76. The molecular weight excluding hydrogens is 256 g/mol. The van der Waals surface area contributed by atoms with Crippen LogP contribution in [0.2, 0.25) is 0 Å². The van der Waals surface area contributed by atoms with Crippen molar-refractivity contribution in [1.29, 1.82) is 0 Å². The van der Waals surface area contributed by atoms with Gasteiger partial charge in [0.15, 0.2) is 0 Å². The Hall–Kier alpha value is -0.980. The van der Waals surface area contributed by atoms with Gasteiger partial charge in [-0.3, -0.25) is 0 Å². The first-order chi connectivity index (χ1) is 9.81. The van der Waals surface area contributed by atoms with E-state index < -0.39 is 0 Å². The number of nitrogens with zero attached hydrogens (tertiary/aromatic N) is 3. The molecule has 0 aromatic carbocycles. The highest BCUT2D eigenvalue weighted by Gasteiger charge is 2.39. The fourth-order valence-electron chi connectivity index (χ4n) is 3.15. The Labute approximate surface area is 119 Å². The van der Waals surface area contributed by atoms with E-state index in [0.29, 0.717) is 6.04 Å². The Bertz CT molecular complexity index is 423. The van der Waals surface area contributed by atoms with Crippen LogP contribution in [0.3, 0.4) is 0 Å². The van der Waals surface area contributed by atoms with E-state index >= 15 is 0 Å². The number of nitrogens with one attached hydrogen (secondary N) is 1. The van der Waals surface area contributed by atoms with Gasteiger partial charge < -0.3 is 14.8 Å². The van der Waals surface area contributed by atoms with Gasteiger partial charge in [0.1, 0.15) is 0 Å². The lowest BCUT2D eigenvalue weighted by Gasteiger charge is -2.43. The van der Waals surface area contributed by atoms with Gasteiger partial charge in [-0.2, -0.15) is 0 Å². The SMILES string of the molecule is CCNCc1cn(C2CCOC3(CCOCC3)C2)nn1. The zero-order chi connectivity index (χ0) is 13.8. The van der Waals surface area contributed by atoms with Gasteiger partial charge in [0.05, 0.1) is 23.5 Å². The van der Waals surface area contributed by atoms with Crippen LogP contribution < -0.4 is 5.32 Å². The van der Waals surface area contributed by atoms with Crippen LogP contribution in [0.4, 0.5) is 0 Å². The van der Waals surface area contributed by atoms with E-state index in [0.717, 1.165) is 64.3 Å². The van der Waals surface area contributed by atoms with Crippen LogP contribution in [0.1, 0.15) is 44.3 Å². The third-order valence-electron chi connectivity index (χ3n) is 4.36. The molecule has 0 aliphatic carbocycles. The summed E-state index contributed by atoms with van der Waals surface area (Å²) in [5.41, 5.74) is 1.02. The molecule has 2 saturated heterocycles. The number of ether oxygens (including phenoxy) is 2. The van der Waals surface area contributed by atoms with Gasteiger partial charge in [-0.15, -0.1) is 5.10 Å². The standard InChI is InChI=1S/C14H24N4O2/c1-2-15-10-12-11-18(17-16-12)13-3-6-20-14(9-13)4-7-19-8-5-14/h11,13,15H,2-10H2,1H3. The normalized spacial score (nSPS) is 25.9. The summed E-state index contributed by atoms with van der Waals surface area (Å²) in [5.74, 6) is 0. The van der Waals surface area contributed by atoms with Gasteiger partial charge >= 0.3 is 0 Å². The molecule has 2 aliphatic rings. The maximum absolute atomic E-state index is 6.08. The van der Waals surface area contributed by atoms with E-state index in [1.807, 2.05) is 4.68 Å². The lowest BCUT2D eigenvalue weighted by Crippen LogP contribution is -2.44. The van der Waals surface area contributed by atoms with E-state index in [1.165, 1.54) is 0 Å². The third kappa shape index (κ3) is 3.02. The van der Waals surface area contributed by atoms with Crippen LogP contribution in [0.5, 0.6) is 0 Å². The van der Waals surface area contributed by atoms with Gasteiger partial charge in [-0.05, 0) is 32.2 Å². The summed E-state index contributed by atoms with van der Waals surface area (Å²) >= 11 is 0. The first-order valence-electron chi connectivity index (χ1n) is 7.64. The Kier molecular flexibility index (Phi) is 4.33. The van der Waals surface area contributed by atoms with E-state index in [-0.39, 0.29) is 5.60 Å². The Morgan fingerprint density at radius 3 is 3.05 bits per heavy atom. The van der Waals surface area contributed by atoms with Crippen LogP contribution in [-0.4, -0.2) is 47.0 Å². The zero-order valence-electron chi connectivity index (χ0n) is 12.2. The lowest BCUT2D eigenvalue weighted by molar-refractivity contribution is -0.145. The lowest BCUT2D eigenvalue weighted by atomic mass is 9.84. The van der Waals surface area contributed by atoms with Gasteiger partial charge in [0, 0.05) is 26.4 Å². The number of hydrogen-bond donors (Lipinski definition) is 1. The molecule has 3 heterocycles. The van der Waals surface area contributed by atoms with Gasteiger partial charge in [0.25, 0.3) is 0 Å². The van der Waals surface area contributed by atoms with Crippen molar-refractivity contribution >= 4 is 0 Å². The van der Waals surface area contributed by atoms with E-state index in [2.05, 4.69) is 28.7 Å². The number of aromatic nitrogens is 3. The molecule has 0 amide bonds. The van der Waals surface area contributed by atoms with Crippen molar-refractivity contribution in [3.05, 3.63) is 11.9 Å². The van der Waals surface area contributed by atoms with E-state index in [4.69, 9.17) is 9.47 Å². The molecule has 1 spiro atoms. The monoisotopic (exact) mass is 280 g/mol. The van der Waals surface area contributed by atoms with Gasteiger partial charge in [0.2, 0.25) is 0 Å². The predicted molar refractivity (Wildman–Crippen MR) is 74.4 cm³/mol. The fraction of sp³-hybridized carbons (Fsp3) is 0.857. The average molecular weight is 280 g/mol. The van der Waals surface area contributed by atoms with Gasteiger partial charge in [-0.25, -0.2) is 4.68 Å². The molecule has 1 unspecified atom stereocenters. The van der Waals surface area contributed by atoms with E-state index in [1.54, 1.807) is 0 Å². The summed E-state index contributed by atoms with van der Waals surface area (Å²) in [6, 6.07) is 0.407. The topological polar surface area (TPSA) is 61.2 Å². The Morgan fingerprint density at radius 1 is 1.40 bits per heavy atom. The minimum Gasteiger partial charge on any atom is -0.381 e. The molecule has 0 radical (unpaired) electrons. The smallest absolute Gasteiger partial charge is 0.0964 e. The number of hydrogen-bond acceptors (Lipinski definition) is 5. The first-order valence-corrected chi connectivity index (χ1v) is 7.64. The molecule has 6 nitrogen and oxygen atoms in total. The molecule has 112 valence electrons. The Morgan fingerprint density at radius 2 is 2.25 bits per heavy atom. The maximum atomic E-state index is 6.08. The van der Waals surface area contributed by atoms with Crippen molar-refractivity contribution in [1.82, 2.24) is 20.3 Å². The van der Waals surface area contributed by atoms with Crippen molar-refractivity contribution in [3.63, 3.8) is 0 Å². The van der Waals surface area contributed by atoms with Crippen LogP contribution >= 0.6 is 0 Å². The molecule has 1 N–H and O–H groups in total. The zero-order valence-corrected chi connectivity index (χ0v) is 12.2. The minimum absolute atomic E-state index is 0.00888. The highest BCUT2D eigenvalue weighted by atomic mass is 16.5. The molecule has 1 atom stereocenters. The van der Waals surface area contributed by atoms with Crippen LogP contribution in [0.25, 0.3) is 0 Å². The van der Waals surface area contributed by atoms with Crippen LogP contribution in [0.15, 0.2) is 6.20 Å². The molecule has 2 fully saturated rings. The number of rotatable bonds is 4. The molecule has 6 heteroatoms. The fourth-order valence-corrected chi connectivity index (χ4v) is 3.15. The quantitative estimate of drug-likeness (QED) is 0.900. The second-order valence-electron chi connectivity index (χ2n) is 5.76. The molecule has 1 aromatic heterocycles. The maximum Gasteiger partial charge on any atom is 0.0964 e. The molecule has 20 heavy (non-hydrogen) atoms. The van der Waals surface area contributed by atoms with Crippen LogP contribution in [0, 0.1) is 0 Å². The molecule has 1 aromatic rings. The highest BCUT2D eigenvalue weighted by Crippen LogP contribution is 2.38. The van der Waals surface area contributed by atoms with Crippen LogP contribution in [-0.2, 0) is 16.0 Å². The van der Waals surface area contributed by atoms with Crippen molar-refractivity contribution < 1.29 is 9.47 Å². The van der Waals surface area contributed by atoms with Crippen molar-refractivity contribution in [2.45, 2.75) is 50.8 Å². The summed E-state index contributed by atoms with van der Waals surface area (Å²) in [5, 5.41) is 11.8. The summed E-state index contributed by atoms with van der Waals surface area (Å²) in [7, 11) is 0.